The topological polar surface area (TPSA) is 83.7 Å². The van der Waals surface area contributed by atoms with Crippen LogP contribution in [0.4, 0.5) is 0 Å². The first-order chi connectivity index (χ1) is 14.5. The summed E-state index contributed by atoms with van der Waals surface area (Å²) in [6, 6.07) is 13.5. The molecular weight excluding hydrogens is 402 g/mol. The Balaban J connectivity index is 1.62. The van der Waals surface area contributed by atoms with Gasteiger partial charge in [0.05, 0.1) is 17.7 Å². The largest absolute Gasteiger partial charge is 0.467 e. The van der Waals surface area contributed by atoms with Crippen LogP contribution < -0.4 is 0 Å². The molecule has 0 bridgehead atoms. The molecule has 2 aromatic heterocycles. The number of rotatable bonds is 7. The van der Waals surface area contributed by atoms with Crippen molar-refractivity contribution in [3.05, 3.63) is 84.1 Å². The minimum atomic E-state index is -3.60. The van der Waals surface area contributed by atoms with Crippen molar-refractivity contribution in [2.45, 2.75) is 30.8 Å². The highest BCUT2D eigenvalue weighted by molar-refractivity contribution is 7.89. The van der Waals surface area contributed by atoms with E-state index in [0.717, 1.165) is 18.4 Å². The van der Waals surface area contributed by atoms with E-state index < -0.39 is 10.0 Å². The van der Waals surface area contributed by atoms with Crippen molar-refractivity contribution in [3.8, 4) is 0 Å². The Hall–Kier alpha value is -2.97. The van der Waals surface area contributed by atoms with Gasteiger partial charge in [-0.3, -0.25) is 9.78 Å². The van der Waals surface area contributed by atoms with Gasteiger partial charge < -0.3 is 9.32 Å². The van der Waals surface area contributed by atoms with Gasteiger partial charge in [0.15, 0.2) is 0 Å². The van der Waals surface area contributed by atoms with Crippen LogP contribution in [0.1, 0.15) is 34.5 Å². The number of amides is 1. The van der Waals surface area contributed by atoms with Gasteiger partial charge in [-0.05, 0) is 54.8 Å². The summed E-state index contributed by atoms with van der Waals surface area (Å²) in [5, 5.41) is 0. The Labute approximate surface area is 176 Å². The van der Waals surface area contributed by atoms with Crippen LogP contribution in [0.25, 0.3) is 0 Å². The van der Waals surface area contributed by atoms with E-state index in [0.29, 0.717) is 31.0 Å². The van der Waals surface area contributed by atoms with Gasteiger partial charge in [-0.2, -0.15) is 4.31 Å². The highest BCUT2D eigenvalue weighted by Gasteiger charge is 2.28. The summed E-state index contributed by atoms with van der Waals surface area (Å²) in [5.74, 6) is 0.377. The number of pyridine rings is 1. The fourth-order valence-electron chi connectivity index (χ4n) is 3.55. The van der Waals surface area contributed by atoms with Crippen molar-refractivity contribution in [2.24, 2.45) is 0 Å². The molecule has 0 N–H and O–H groups in total. The predicted molar refractivity (Wildman–Crippen MR) is 111 cm³/mol. The van der Waals surface area contributed by atoms with Crippen LogP contribution in [0.2, 0.25) is 0 Å². The van der Waals surface area contributed by atoms with Gasteiger partial charge in [0.2, 0.25) is 10.0 Å². The maximum atomic E-state index is 13.3. The van der Waals surface area contributed by atoms with Crippen molar-refractivity contribution in [3.63, 3.8) is 0 Å². The van der Waals surface area contributed by atoms with E-state index in [9.17, 15) is 13.2 Å². The molecule has 1 aromatic carbocycles. The number of sulfonamides is 1. The number of aromatic nitrogens is 1. The molecular formula is C22H23N3O4S. The lowest BCUT2D eigenvalue weighted by Gasteiger charge is -2.22. The highest BCUT2D eigenvalue weighted by atomic mass is 32.2. The maximum Gasteiger partial charge on any atom is 0.254 e. The van der Waals surface area contributed by atoms with Crippen molar-refractivity contribution in [1.82, 2.24) is 14.2 Å². The number of hydrogen-bond acceptors (Lipinski definition) is 5. The number of carbonyl (C=O) groups is 1. The molecule has 1 amide bonds. The number of furan rings is 1. The Morgan fingerprint density at radius 2 is 1.90 bits per heavy atom. The molecule has 3 aromatic rings. The molecule has 1 aliphatic rings. The lowest BCUT2D eigenvalue weighted by atomic mass is 10.1. The predicted octanol–water partition coefficient (Wildman–Crippen LogP) is 3.30. The Morgan fingerprint density at radius 3 is 2.60 bits per heavy atom. The first-order valence-corrected chi connectivity index (χ1v) is 11.3. The summed E-state index contributed by atoms with van der Waals surface area (Å²) in [4.78, 5) is 19.2. The zero-order valence-electron chi connectivity index (χ0n) is 16.5. The van der Waals surface area contributed by atoms with Gasteiger partial charge in [-0.25, -0.2) is 8.42 Å². The molecule has 8 heteroatoms. The molecule has 1 fully saturated rings. The fraction of sp³-hybridized carbons (Fsp3) is 0.273. The molecule has 30 heavy (non-hydrogen) atoms. The third kappa shape index (κ3) is 4.44. The molecule has 0 unspecified atom stereocenters. The smallest absolute Gasteiger partial charge is 0.254 e. The lowest BCUT2D eigenvalue weighted by molar-refractivity contribution is 0.0717. The molecule has 0 saturated carbocycles. The van der Waals surface area contributed by atoms with Crippen LogP contribution >= 0.6 is 0 Å². The molecule has 4 rings (SSSR count). The van der Waals surface area contributed by atoms with Crippen molar-refractivity contribution in [2.75, 3.05) is 13.1 Å². The van der Waals surface area contributed by atoms with Crippen molar-refractivity contribution < 1.29 is 17.6 Å². The van der Waals surface area contributed by atoms with E-state index >= 15 is 0 Å². The third-order valence-electron chi connectivity index (χ3n) is 5.09. The van der Waals surface area contributed by atoms with E-state index in [1.807, 2.05) is 12.1 Å². The quantitative estimate of drug-likeness (QED) is 0.580. The molecule has 7 nitrogen and oxygen atoms in total. The molecule has 1 aliphatic heterocycles. The summed E-state index contributed by atoms with van der Waals surface area (Å²) in [6.07, 6.45) is 6.66. The monoisotopic (exact) mass is 425 g/mol. The SMILES string of the molecule is O=C(c1cccc(S(=O)(=O)N2CCCC2)c1)N(Cc1cccnc1)Cc1ccco1. The maximum absolute atomic E-state index is 13.3. The van der Waals surface area contributed by atoms with E-state index in [4.69, 9.17) is 4.42 Å². The first kappa shape index (κ1) is 20.3. The number of nitrogens with zero attached hydrogens (tertiary/aromatic N) is 3. The van der Waals surface area contributed by atoms with Gasteiger partial charge >= 0.3 is 0 Å². The summed E-state index contributed by atoms with van der Waals surface area (Å²) in [7, 11) is -3.60. The minimum absolute atomic E-state index is 0.148. The second-order valence-corrected chi connectivity index (χ2v) is 9.18. The fourth-order valence-corrected chi connectivity index (χ4v) is 5.12. The molecule has 1 saturated heterocycles. The van der Waals surface area contributed by atoms with Gasteiger partial charge in [-0.15, -0.1) is 0 Å². The Bertz CT molecular complexity index is 1090. The van der Waals surface area contributed by atoms with Gasteiger partial charge in [0.1, 0.15) is 5.76 Å². The second kappa shape index (κ2) is 8.81. The molecule has 0 atom stereocenters. The van der Waals surface area contributed by atoms with E-state index in [-0.39, 0.29) is 17.3 Å². The van der Waals surface area contributed by atoms with E-state index in [2.05, 4.69) is 4.98 Å². The molecule has 0 spiro atoms. The number of benzene rings is 1. The Morgan fingerprint density at radius 1 is 1.07 bits per heavy atom. The normalized spacial score (nSPS) is 14.7. The molecule has 0 aliphatic carbocycles. The zero-order valence-corrected chi connectivity index (χ0v) is 17.3. The van der Waals surface area contributed by atoms with Crippen LogP contribution in [0.15, 0.2) is 76.5 Å². The van der Waals surface area contributed by atoms with Crippen LogP contribution in [0.5, 0.6) is 0 Å². The standard InChI is InChI=1S/C22H23N3O4S/c26-22(19-7-3-9-21(14-19)30(27,28)25-11-1-2-12-25)24(17-20-8-5-13-29-20)16-18-6-4-10-23-15-18/h3-10,13-15H,1-2,11-12,16-17H2. The minimum Gasteiger partial charge on any atom is -0.467 e. The summed E-state index contributed by atoms with van der Waals surface area (Å²) < 4.78 is 32.7. The van der Waals surface area contributed by atoms with Crippen molar-refractivity contribution >= 4 is 15.9 Å². The average molecular weight is 426 g/mol. The van der Waals surface area contributed by atoms with Crippen molar-refractivity contribution in [1.29, 1.82) is 0 Å². The van der Waals surface area contributed by atoms with Crippen LogP contribution in [-0.4, -0.2) is 41.6 Å². The number of carbonyl (C=O) groups excluding carboxylic acids is 1. The zero-order chi connectivity index (χ0) is 21.0. The highest BCUT2D eigenvalue weighted by Crippen LogP contribution is 2.23. The average Bonchev–Trinajstić information content (AvgIpc) is 3.48. The van der Waals surface area contributed by atoms with Gasteiger partial charge in [0, 0.05) is 37.6 Å². The number of hydrogen-bond donors (Lipinski definition) is 0. The molecule has 0 radical (unpaired) electrons. The van der Waals surface area contributed by atoms with Gasteiger partial charge in [-0.1, -0.05) is 12.1 Å². The van der Waals surface area contributed by atoms with Crippen LogP contribution in [0, 0.1) is 0 Å². The molecule has 3 heterocycles. The van der Waals surface area contributed by atoms with Crippen LogP contribution in [-0.2, 0) is 23.1 Å². The second-order valence-electron chi connectivity index (χ2n) is 7.24. The van der Waals surface area contributed by atoms with E-state index in [1.165, 1.54) is 10.4 Å². The molecule has 156 valence electrons. The Kier molecular flexibility index (Phi) is 5.96. The summed E-state index contributed by atoms with van der Waals surface area (Å²) in [5.41, 5.74) is 1.20. The van der Waals surface area contributed by atoms with Crippen LogP contribution in [0.3, 0.4) is 0 Å². The summed E-state index contributed by atoms with van der Waals surface area (Å²) in [6.45, 7) is 1.64. The lowest BCUT2D eigenvalue weighted by Crippen LogP contribution is -2.31. The first-order valence-electron chi connectivity index (χ1n) is 9.85. The van der Waals surface area contributed by atoms with E-state index in [1.54, 1.807) is 53.9 Å². The third-order valence-corrected chi connectivity index (χ3v) is 6.99. The summed E-state index contributed by atoms with van der Waals surface area (Å²) >= 11 is 0. The van der Waals surface area contributed by atoms with Gasteiger partial charge in [0.25, 0.3) is 5.91 Å².